The van der Waals surface area contributed by atoms with Crippen LogP contribution in [0, 0.1) is 0 Å². The first-order valence-corrected chi connectivity index (χ1v) is 9.20. The first-order valence-electron chi connectivity index (χ1n) is 8.36. The predicted molar refractivity (Wildman–Crippen MR) is 102 cm³/mol. The molecule has 2 heterocycles. The van der Waals surface area contributed by atoms with Gasteiger partial charge in [-0.2, -0.15) is 13.2 Å². The van der Waals surface area contributed by atoms with Crippen LogP contribution >= 0.6 is 11.5 Å². The average molecular weight is 415 g/mol. The molecule has 5 nitrogen and oxygen atoms in total. The number of nitrogens with zero attached hydrogens (tertiary/aromatic N) is 2. The van der Waals surface area contributed by atoms with E-state index in [1.54, 1.807) is 24.3 Å². The second-order valence-electron chi connectivity index (χ2n) is 6.06. The first-order chi connectivity index (χ1) is 13.9. The van der Waals surface area contributed by atoms with E-state index in [0.717, 1.165) is 23.4 Å². The molecule has 0 radical (unpaired) electrons. The van der Waals surface area contributed by atoms with Crippen molar-refractivity contribution in [3.05, 3.63) is 77.4 Å². The highest BCUT2D eigenvalue weighted by atomic mass is 32.1. The fourth-order valence-corrected chi connectivity index (χ4v) is 3.14. The fraction of sp³-hybridized carbons (Fsp3) is 0.0500. The monoisotopic (exact) mass is 415 g/mol. The van der Waals surface area contributed by atoms with Crippen LogP contribution in [0.4, 0.5) is 18.9 Å². The van der Waals surface area contributed by atoms with Crippen molar-refractivity contribution in [1.82, 2.24) is 9.59 Å². The van der Waals surface area contributed by atoms with Crippen LogP contribution in [0.15, 0.2) is 70.5 Å². The number of halogens is 3. The molecule has 0 aliphatic rings. The van der Waals surface area contributed by atoms with Crippen molar-refractivity contribution in [2.45, 2.75) is 6.18 Å². The summed E-state index contributed by atoms with van der Waals surface area (Å²) in [4.78, 5) is 12.4. The van der Waals surface area contributed by atoms with E-state index in [2.05, 4.69) is 14.9 Å². The van der Waals surface area contributed by atoms with Gasteiger partial charge in [-0.3, -0.25) is 4.79 Å². The Bertz CT molecular complexity index is 1140. The molecule has 0 aliphatic carbocycles. The van der Waals surface area contributed by atoms with Gasteiger partial charge in [-0.25, -0.2) is 0 Å². The third kappa shape index (κ3) is 4.19. The highest BCUT2D eigenvalue weighted by Gasteiger charge is 2.30. The molecule has 4 rings (SSSR count). The number of anilines is 1. The van der Waals surface area contributed by atoms with Crippen LogP contribution in [-0.2, 0) is 6.18 Å². The van der Waals surface area contributed by atoms with Crippen LogP contribution in [0.3, 0.4) is 0 Å². The summed E-state index contributed by atoms with van der Waals surface area (Å²) in [5, 5.41) is 8.47. The molecule has 29 heavy (non-hydrogen) atoms. The molecule has 2 aromatic carbocycles. The van der Waals surface area contributed by atoms with E-state index in [4.69, 9.17) is 4.42 Å². The van der Waals surface area contributed by atoms with Gasteiger partial charge < -0.3 is 9.73 Å². The lowest BCUT2D eigenvalue weighted by Gasteiger charge is -2.07. The van der Waals surface area contributed by atoms with Gasteiger partial charge in [0.15, 0.2) is 5.76 Å². The number of hydrogen-bond acceptors (Lipinski definition) is 5. The third-order valence-corrected chi connectivity index (χ3v) is 4.61. The molecule has 0 spiro atoms. The molecule has 1 amide bonds. The summed E-state index contributed by atoms with van der Waals surface area (Å²) in [6.45, 7) is 0. The maximum absolute atomic E-state index is 12.9. The number of hydrogen-bond donors (Lipinski definition) is 1. The third-order valence-electron chi connectivity index (χ3n) is 4.10. The predicted octanol–water partition coefficient (Wildman–Crippen LogP) is 5.74. The molecular weight excluding hydrogens is 403 g/mol. The topological polar surface area (TPSA) is 68.0 Å². The number of rotatable bonds is 4. The minimum absolute atomic E-state index is 0.00908. The Labute approximate surface area is 167 Å². The summed E-state index contributed by atoms with van der Waals surface area (Å²) < 4.78 is 47.9. The number of amides is 1. The van der Waals surface area contributed by atoms with E-state index in [0.29, 0.717) is 5.69 Å². The highest BCUT2D eigenvalue weighted by Crippen LogP contribution is 2.32. The second-order valence-corrected chi connectivity index (χ2v) is 6.67. The number of carbonyl (C=O) groups excluding carboxylic acids is 1. The van der Waals surface area contributed by atoms with Crippen molar-refractivity contribution >= 4 is 23.1 Å². The number of alkyl halides is 3. The van der Waals surface area contributed by atoms with Gasteiger partial charge in [0, 0.05) is 22.2 Å². The van der Waals surface area contributed by atoms with Crippen molar-refractivity contribution < 1.29 is 22.4 Å². The quantitative estimate of drug-likeness (QED) is 0.462. The molecule has 1 N–H and O–H groups in total. The molecule has 0 saturated heterocycles. The Morgan fingerprint density at radius 2 is 1.79 bits per heavy atom. The van der Waals surface area contributed by atoms with Gasteiger partial charge in [0.05, 0.1) is 5.56 Å². The zero-order valence-corrected chi connectivity index (χ0v) is 15.4. The maximum Gasteiger partial charge on any atom is 0.416 e. The zero-order valence-electron chi connectivity index (χ0n) is 14.6. The van der Waals surface area contributed by atoms with E-state index in [9.17, 15) is 18.0 Å². The molecule has 0 atom stereocenters. The largest absolute Gasteiger partial charge is 0.451 e. The first kappa shape index (κ1) is 18.9. The number of benzene rings is 2. The maximum atomic E-state index is 12.9. The molecule has 2 aromatic heterocycles. The summed E-state index contributed by atoms with van der Waals surface area (Å²) in [7, 11) is 0. The van der Waals surface area contributed by atoms with Gasteiger partial charge in [-0.05, 0) is 47.9 Å². The molecule has 146 valence electrons. The van der Waals surface area contributed by atoms with Crippen LogP contribution in [0.2, 0.25) is 0 Å². The van der Waals surface area contributed by atoms with Crippen molar-refractivity contribution in [2.24, 2.45) is 0 Å². The molecule has 0 bridgehead atoms. The van der Waals surface area contributed by atoms with Crippen LogP contribution in [-0.4, -0.2) is 15.5 Å². The van der Waals surface area contributed by atoms with Gasteiger partial charge in [0.25, 0.3) is 5.91 Å². The van der Waals surface area contributed by atoms with Gasteiger partial charge in [0.2, 0.25) is 0 Å². The summed E-state index contributed by atoms with van der Waals surface area (Å²) >= 11 is 1.24. The van der Waals surface area contributed by atoms with Gasteiger partial charge in [-0.15, -0.1) is 5.10 Å². The van der Waals surface area contributed by atoms with Crippen LogP contribution in [0.5, 0.6) is 0 Å². The lowest BCUT2D eigenvalue weighted by Crippen LogP contribution is -2.10. The van der Waals surface area contributed by atoms with E-state index in [1.165, 1.54) is 35.8 Å². The Morgan fingerprint density at radius 3 is 2.48 bits per heavy atom. The smallest absolute Gasteiger partial charge is 0.416 e. The van der Waals surface area contributed by atoms with Crippen molar-refractivity contribution in [1.29, 1.82) is 0 Å². The number of furan rings is 1. The van der Waals surface area contributed by atoms with Crippen molar-refractivity contribution in [2.75, 3.05) is 5.32 Å². The van der Waals surface area contributed by atoms with E-state index in [-0.39, 0.29) is 17.1 Å². The minimum atomic E-state index is -4.45. The Hall–Kier alpha value is -3.46. The number of nitrogens with one attached hydrogen (secondary N) is 1. The van der Waals surface area contributed by atoms with Crippen molar-refractivity contribution in [3.8, 4) is 22.6 Å². The Balaban J connectivity index is 1.49. The lowest BCUT2D eigenvalue weighted by atomic mass is 10.1. The SMILES string of the molecule is O=C(Nc1ccc(-c2csnn2)cc1)c1ccc(-c2cccc(C(F)(F)F)c2)o1. The van der Waals surface area contributed by atoms with Gasteiger partial charge in [-0.1, -0.05) is 28.8 Å². The molecule has 0 saturated carbocycles. The zero-order chi connectivity index (χ0) is 20.4. The summed E-state index contributed by atoms with van der Waals surface area (Å²) in [6, 6.07) is 14.6. The molecular formula is C20H12F3N3O2S. The van der Waals surface area contributed by atoms with E-state index in [1.807, 2.05) is 5.38 Å². The van der Waals surface area contributed by atoms with E-state index >= 15 is 0 Å². The van der Waals surface area contributed by atoms with Crippen LogP contribution in [0.1, 0.15) is 16.1 Å². The standard InChI is InChI=1S/C20H12F3N3O2S/c21-20(22,23)14-3-1-2-13(10-14)17-8-9-18(28-17)19(27)24-15-6-4-12(5-7-15)16-11-29-26-25-16/h1-11H,(H,24,27). The normalized spacial score (nSPS) is 11.4. The fourth-order valence-electron chi connectivity index (χ4n) is 2.67. The highest BCUT2D eigenvalue weighted by molar-refractivity contribution is 7.03. The molecule has 0 unspecified atom stereocenters. The molecule has 9 heteroatoms. The van der Waals surface area contributed by atoms with Gasteiger partial charge in [0.1, 0.15) is 11.5 Å². The Morgan fingerprint density at radius 1 is 1.00 bits per heavy atom. The van der Waals surface area contributed by atoms with Crippen LogP contribution in [0.25, 0.3) is 22.6 Å². The summed E-state index contributed by atoms with van der Waals surface area (Å²) in [5.41, 5.74) is 1.60. The Kier molecular flexibility index (Phi) is 4.89. The van der Waals surface area contributed by atoms with E-state index < -0.39 is 17.6 Å². The molecule has 4 aromatic rings. The lowest BCUT2D eigenvalue weighted by molar-refractivity contribution is -0.137. The molecule has 0 fully saturated rings. The average Bonchev–Trinajstić information content (AvgIpc) is 3.40. The molecule has 0 aliphatic heterocycles. The summed E-state index contributed by atoms with van der Waals surface area (Å²) in [6.07, 6.45) is -4.45. The second kappa shape index (κ2) is 7.51. The van der Waals surface area contributed by atoms with Crippen molar-refractivity contribution in [3.63, 3.8) is 0 Å². The summed E-state index contributed by atoms with van der Waals surface area (Å²) in [5.74, 6) is -0.343. The minimum Gasteiger partial charge on any atom is -0.451 e. The number of carbonyl (C=O) groups is 1. The van der Waals surface area contributed by atoms with Crippen LogP contribution < -0.4 is 5.32 Å². The number of aromatic nitrogens is 2. The van der Waals surface area contributed by atoms with Gasteiger partial charge >= 0.3 is 6.18 Å².